The SMILES string of the molecule is CC(=O)O[C@@H]1CC[C@]2(C)[C@H](CC[C@]3(C)[C@@H]2C(=O)C=C2[C@@H]4C[C@](C)(C(=O)Nc5ccccc5[N+](=O)[O-])CC[C@]4(C)CC[C@]23C)C1(C)C. The van der Waals surface area contributed by atoms with Crippen molar-refractivity contribution in [1.29, 1.82) is 0 Å². The van der Waals surface area contributed by atoms with Crippen LogP contribution < -0.4 is 5.32 Å². The molecule has 250 valence electrons. The van der Waals surface area contributed by atoms with Gasteiger partial charge in [-0.15, -0.1) is 0 Å². The Morgan fingerprint density at radius 3 is 2.28 bits per heavy atom. The molecule has 0 heterocycles. The highest BCUT2D eigenvalue weighted by Crippen LogP contribution is 2.75. The van der Waals surface area contributed by atoms with Crippen molar-refractivity contribution in [2.45, 2.75) is 119 Å². The number of carbonyl (C=O) groups excluding carboxylic acids is 3. The van der Waals surface area contributed by atoms with Crippen LogP contribution in [0.15, 0.2) is 35.9 Å². The van der Waals surface area contributed by atoms with E-state index in [1.807, 2.05) is 13.0 Å². The summed E-state index contributed by atoms with van der Waals surface area (Å²) < 4.78 is 5.86. The van der Waals surface area contributed by atoms with Crippen LogP contribution in [0.4, 0.5) is 11.4 Å². The van der Waals surface area contributed by atoms with E-state index in [2.05, 4.69) is 46.9 Å². The molecule has 1 aromatic rings. The second kappa shape index (κ2) is 10.5. The first-order chi connectivity index (χ1) is 21.3. The molecule has 4 saturated carbocycles. The number of nitro groups is 1. The monoisotopic (exact) mass is 632 g/mol. The molecule has 0 bridgehead atoms. The normalized spacial score (nSPS) is 42.7. The highest BCUT2D eigenvalue weighted by molar-refractivity contribution is 5.98. The molecule has 0 radical (unpaired) electrons. The first-order valence-corrected chi connectivity index (χ1v) is 17.3. The molecule has 0 spiro atoms. The molecule has 9 atom stereocenters. The van der Waals surface area contributed by atoms with Gasteiger partial charge in [-0.2, -0.15) is 0 Å². The van der Waals surface area contributed by atoms with E-state index in [1.165, 1.54) is 18.6 Å². The number of allylic oxidation sites excluding steroid dienone is 2. The zero-order valence-corrected chi connectivity index (χ0v) is 29.0. The van der Waals surface area contributed by atoms with Crippen LogP contribution in [0, 0.1) is 60.4 Å². The van der Waals surface area contributed by atoms with Gasteiger partial charge >= 0.3 is 5.97 Å². The molecule has 5 aliphatic carbocycles. The smallest absolute Gasteiger partial charge is 0.302 e. The zero-order chi connectivity index (χ0) is 33.7. The Morgan fingerprint density at radius 1 is 0.935 bits per heavy atom. The van der Waals surface area contributed by atoms with Crippen molar-refractivity contribution >= 4 is 29.0 Å². The van der Waals surface area contributed by atoms with Gasteiger partial charge in [0, 0.05) is 29.7 Å². The number of anilines is 1. The van der Waals surface area contributed by atoms with Crippen LogP contribution in [0.3, 0.4) is 0 Å². The number of para-hydroxylation sites is 2. The summed E-state index contributed by atoms with van der Waals surface area (Å²) in [5.74, 6) is 0.0107. The Bertz CT molecular complexity index is 1530. The number of benzene rings is 1. The van der Waals surface area contributed by atoms with Gasteiger partial charge in [0.05, 0.1) is 4.92 Å². The number of ether oxygens (including phenoxy) is 1. The number of rotatable bonds is 4. The van der Waals surface area contributed by atoms with E-state index in [0.29, 0.717) is 12.8 Å². The van der Waals surface area contributed by atoms with E-state index >= 15 is 0 Å². The van der Waals surface area contributed by atoms with Crippen molar-refractivity contribution in [2.75, 3.05) is 5.32 Å². The van der Waals surface area contributed by atoms with Crippen LogP contribution in [0.5, 0.6) is 0 Å². The minimum absolute atomic E-state index is 0.0153. The predicted molar refractivity (Wildman–Crippen MR) is 177 cm³/mol. The van der Waals surface area contributed by atoms with Crippen molar-refractivity contribution < 1.29 is 24.0 Å². The van der Waals surface area contributed by atoms with Gasteiger partial charge in [0.1, 0.15) is 11.8 Å². The fourth-order valence-electron chi connectivity index (χ4n) is 11.8. The molecular formula is C38H52N2O6. The number of nitro benzene ring substituents is 1. The third kappa shape index (κ3) is 4.55. The standard InChI is InChI=1S/C38H52N2O6/c1-23(41)46-30-14-15-36(6)29(33(30,2)3)13-16-38(8)31(36)28(42)21-24-25-22-35(5,18-17-34(25,4)19-20-37(24,38)7)32(43)39-26-11-9-10-12-27(26)40(44)45/h9-12,21,25,29-31H,13-20,22H2,1-8H3,(H,39,43)/t25-,29+,30+,31+,34+,35+,36+,37+,38+/m0/s1. The van der Waals surface area contributed by atoms with Crippen LogP contribution in [0.1, 0.15) is 113 Å². The van der Waals surface area contributed by atoms with Crippen molar-refractivity contribution in [3.63, 3.8) is 0 Å². The van der Waals surface area contributed by atoms with Crippen LogP contribution in [0.25, 0.3) is 0 Å². The van der Waals surface area contributed by atoms with Gasteiger partial charge in [0.2, 0.25) is 5.91 Å². The van der Waals surface area contributed by atoms with Gasteiger partial charge in [-0.3, -0.25) is 24.5 Å². The van der Waals surface area contributed by atoms with Gasteiger partial charge in [-0.05, 0) is 103 Å². The number of nitrogens with one attached hydrogen (secondary N) is 1. The molecule has 5 aliphatic rings. The summed E-state index contributed by atoms with van der Waals surface area (Å²) in [6.45, 7) is 17.4. The average Bonchev–Trinajstić information content (AvgIpc) is 2.96. The Morgan fingerprint density at radius 2 is 1.61 bits per heavy atom. The van der Waals surface area contributed by atoms with Crippen molar-refractivity contribution in [2.24, 2.45) is 50.2 Å². The molecule has 1 aromatic carbocycles. The summed E-state index contributed by atoms with van der Waals surface area (Å²) in [5.41, 5.74) is -0.263. The van der Waals surface area contributed by atoms with Gasteiger partial charge in [-0.1, -0.05) is 66.2 Å². The quantitative estimate of drug-likeness (QED) is 0.202. The van der Waals surface area contributed by atoms with Crippen molar-refractivity contribution in [3.8, 4) is 0 Å². The van der Waals surface area contributed by atoms with Gasteiger partial charge in [-0.25, -0.2) is 0 Å². The Labute approximate surface area is 273 Å². The fourth-order valence-corrected chi connectivity index (χ4v) is 11.8. The van der Waals surface area contributed by atoms with E-state index in [0.717, 1.165) is 44.9 Å². The van der Waals surface area contributed by atoms with E-state index in [-0.39, 0.29) is 80.0 Å². The third-order valence-electron chi connectivity index (χ3n) is 14.7. The lowest BCUT2D eigenvalue weighted by Crippen LogP contribution is -2.66. The molecule has 8 heteroatoms. The van der Waals surface area contributed by atoms with Crippen molar-refractivity contribution in [1.82, 2.24) is 0 Å². The minimum Gasteiger partial charge on any atom is -0.462 e. The highest BCUT2D eigenvalue weighted by Gasteiger charge is 2.70. The molecule has 0 unspecified atom stereocenters. The number of amides is 1. The second-order valence-corrected chi connectivity index (χ2v) is 17.4. The average molecular weight is 633 g/mol. The molecule has 0 saturated heterocycles. The summed E-state index contributed by atoms with van der Waals surface area (Å²) in [7, 11) is 0. The first kappa shape index (κ1) is 32.9. The van der Waals surface area contributed by atoms with Gasteiger partial charge in [0.15, 0.2) is 5.78 Å². The van der Waals surface area contributed by atoms with E-state index in [9.17, 15) is 24.5 Å². The topological polar surface area (TPSA) is 116 Å². The second-order valence-electron chi connectivity index (χ2n) is 17.4. The third-order valence-corrected chi connectivity index (χ3v) is 14.7. The lowest BCUT2D eigenvalue weighted by atomic mass is 9.33. The fraction of sp³-hybridized carbons (Fsp3) is 0.711. The number of hydrogen-bond acceptors (Lipinski definition) is 6. The lowest BCUT2D eigenvalue weighted by molar-refractivity contribution is -0.383. The molecule has 1 N–H and O–H groups in total. The summed E-state index contributed by atoms with van der Waals surface area (Å²) in [5, 5.41) is 14.6. The van der Waals surface area contributed by atoms with Crippen LogP contribution >= 0.6 is 0 Å². The van der Waals surface area contributed by atoms with E-state index < -0.39 is 10.3 Å². The van der Waals surface area contributed by atoms with Crippen LogP contribution in [0.2, 0.25) is 0 Å². The summed E-state index contributed by atoms with van der Waals surface area (Å²) >= 11 is 0. The number of fused-ring (bicyclic) bond motifs is 7. The number of esters is 1. The van der Waals surface area contributed by atoms with E-state index in [4.69, 9.17) is 4.74 Å². The molecule has 8 nitrogen and oxygen atoms in total. The Hall–Kier alpha value is -3.03. The van der Waals surface area contributed by atoms with Crippen LogP contribution in [-0.4, -0.2) is 28.7 Å². The molecule has 0 aromatic heterocycles. The van der Waals surface area contributed by atoms with E-state index in [1.54, 1.807) is 18.2 Å². The maximum Gasteiger partial charge on any atom is 0.302 e. The maximum absolute atomic E-state index is 14.7. The number of ketones is 1. The molecule has 6 rings (SSSR count). The van der Waals surface area contributed by atoms with Gasteiger partial charge in [0.25, 0.3) is 5.69 Å². The number of carbonyl (C=O) groups is 3. The zero-order valence-electron chi connectivity index (χ0n) is 29.0. The largest absolute Gasteiger partial charge is 0.462 e. The molecule has 1 amide bonds. The predicted octanol–water partition coefficient (Wildman–Crippen LogP) is 8.45. The maximum atomic E-state index is 14.7. The molecule has 4 fully saturated rings. The molecule has 0 aliphatic heterocycles. The number of nitrogens with zero attached hydrogens (tertiary/aromatic N) is 1. The summed E-state index contributed by atoms with van der Waals surface area (Å²) in [6, 6.07) is 6.30. The molecule has 46 heavy (non-hydrogen) atoms. The minimum atomic E-state index is -0.726. The summed E-state index contributed by atoms with van der Waals surface area (Å²) in [6.07, 6.45) is 9.65. The van der Waals surface area contributed by atoms with Gasteiger partial charge < -0.3 is 10.1 Å². The highest BCUT2D eigenvalue weighted by atomic mass is 16.6. The molecular weight excluding hydrogens is 580 g/mol. The Kier molecular flexibility index (Phi) is 7.50. The Balaban J connectivity index is 1.35. The van der Waals surface area contributed by atoms with Crippen LogP contribution in [-0.2, 0) is 19.1 Å². The first-order valence-electron chi connectivity index (χ1n) is 17.3. The lowest BCUT2D eigenvalue weighted by Gasteiger charge is -2.70. The van der Waals surface area contributed by atoms with Crippen molar-refractivity contribution in [3.05, 3.63) is 46.0 Å². The summed E-state index contributed by atoms with van der Waals surface area (Å²) in [4.78, 5) is 51.8. The number of hydrogen-bond donors (Lipinski definition) is 1.